The van der Waals surface area contributed by atoms with Gasteiger partial charge in [0.15, 0.2) is 11.3 Å². The summed E-state index contributed by atoms with van der Waals surface area (Å²) >= 11 is 1.50. The molecule has 0 unspecified atom stereocenters. The van der Waals surface area contributed by atoms with Crippen molar-refractivity contribution in [2.45, 2.75) is 0 Å². The first kappa shape index (κ1) is 14.0. The summed E-state index contributed by atoms with van der Waals surface area (Å²) < 4.78 is 2.01. The average Bonchev–Trinajstić information content (AvgIpc) is 3.21. The fourth-order valence-corrected chi connectivity index (χ4v) is 3.47. The van der Waals surface area contributed by atoms with Crippen molar-refractivity contribution < 1.29 is 9.67 Å². The number of para-hydroxylation sites is 1. The summed E-state index contributed by atoms with van der Waals surface area (Å²) in [5, 5.41) is 14.4. The van der Waals surface area contributed by atoms with Crippen LogP contribution in [0, 0.1) is 6.10 Å². The Balaban J connectivity index is 1.74. The van der Waals surface area contributed by atoms with Gasteiger partial charge in [-0.25, -0.2) is 0 Å². The maximum atomic E-state index is 10.7. The molecule has 0 atom stereocenters. The summed E-state index contributed by atoms with van der Waals surface area (Å²) in [7, 11) is 1.97. The Morgan fingerprint density at radius 1 is 1.26 bits per heavy atom. The van der Waals surface area contributed by atoms with E-state index in [1.54, 1.807) is 12.4 Å². The minimum Gasteiger partial charge on any atom is -0.420 e. The van der Waals surface area contributed by atoms with Gasteiger partial charge in [0, 0.05) is 11.9 Å². The van der Waals surface area contributed by atoms with Crippen molar-refractivity contribution in [2.75, 3.05) is 0 Å². The molecule has 5 heteroatoms. The predicted octanol–water partition coefficient (Wildman–Crippen LogP) is 3.20. The molecule has 0 radical (unpaired) electrons. The van der Waals surface area contributed by atoms with Crippen LogP contribution >= 0.6 is 11.3 Å². The third kappa shape index (κ3) is 2.40. The molecule has 4 rings (SSSR count). The van der Waals surface area contributed by atoms with Gasteiger partial charge < -0.3 is 10.1 Å². The molecule has 114 valence electrons. The zero-order valence-electron chi connectivity index (χ0n) is 12.5. The van der Waals surface area contributed by atoms with Gasteiger partial charge in [-0.15, -0.1) is 29.1 Å². The standard InChI is InChI=1S/C18H14N3OS/c1-21-10-14(13-6-2-3-7-16(13)21)17(22)15-11-23-18(20-15)12-5-4-8-19-9-12/h2-11,22H,1H3/q-1. The van der Waals surface area contributed by atoms with Gasteiger partial charge in [0.05, 0.1) is 11.7 Å². The van der Waals surface area contributed by atoms with Gasteiger partial charge in [-0.1, -0.05) is 12.1 Å². The molecule has 4 aromatic rings. The Kier molecular flexibility index (Phi) is 3.37. The van der Waals surface area contributed by atoms with Crippen molar-refractivity contribution in [1.82, 2.24) is 9.97 Å². The van der Waals surface area contributed by atoms with Gasteiger partial charge in [-0.3, -0.25) is 9.55 Å². The quantitative estimate of drug-likeness (QED) is 0.358. The lowest BCUT2D eigenvalue weighted by molar-refractivity contribution is -0.642. The number of fused-ring (bicyclic) bond motifs is 1. The minimum atomic E-state index is 0.202. The normalized spacial score (nSPS) is 11.0. The number of benzene rings is 1. The monoisotopic (exact) mass is 320 g/mol. The molecule has 0 fully saturated rings. The smallest absolute Gasteiger partial charge is 0.250 e. The highest BCUT2D eigenvalue weighted by Gasteiger charge is 2.15. The summed E-state index contributed by atoms with van der Waals surface area (Å²) in [6.45, 7) is 0. The zero-order valence-corrected chi connectivity index (χ0v) is 13.3. The van der Waals surface area contributed by atoms with E-state index in [0.29, 0.717) is 5.69 Å². The molecule has 0 aliphatic carbocycles. The van der Waals surface area contributed by atoms with E-state index in [0.717, 1.165) is 27.0 Å². The molecule has 0 saturated heterocycles. The average molecular weight is 320 g/mol. The first-order valence-corrected chi connectivity index (χ1v) is 8.08. The van der Waals surface area contributed by atoms with Crippen LogP contribution in [0.5, 0.6) is 0 Å². The highest BCUT2D eigenvalue weighted by atomic mass is 32.1. The molecule has 1 aromatic carbocycles. The van der Waals surface area contributed by atoms with Crippen LogP contribution in [-0.2, 0) is 7.05 Å². The second-order valence-electron chi connectivity index (χ2n) is 5.30. The van der Waals surface area contributed by atoms with Gasteiger partial charge in [-0.2, -0.15) is 6.07 Å². The predicted molar refractivity (Wildman–Crippen MR) is 89.4 cm³/mol. The fraction of sp³-hybridized carbons (Fsp3) is 0.0556. The number of aryl methyl sites for hydroxylation is 1. The number of aliphatic hydroxyl groups is 1. The van der Waals surface area contributed by atoms with Crippen LogP contribution in [0.25, 0.3) is 21.5 Å². The number of hydrogen-bond donors (Lipinski definition) is 1. The SMILES string of the molecule is C[n+]1cc([C-](O)c2c[s+][c-](-c3cccnc3)n2)c2cccc[c-]21. The summed E-state index contributed by atoms with van der Waals surface area (Å²) in [6, 6.07) is 11.9. The van der Waals surface area contributed by atoms with E-state index >= 15 is 0 Å². The second kappa shape index (κ2) is 5.53. The number of aliphatic hydroxyl groups excluding tert-OH is 1. The minimum absolute atomic E-state index is 0.202. The maximum absolute atomic E-state index is 10.7. The fourth-order valence-electron chi connectivity index (χ4n) is 2.67. The van der Waals surface area contributed by atoms with Crippen LogP contribution in [0.4, 0.5) is 0 Å². The summed E-state index contributed by atoms with van der Waals surface area (Å²) in [4.78, 5) is 8.67. The highest BCUT2D eigenvalue weighted by Crippen LogP contribution is 2.30. The molecule has 0 amide bonds. The van der Waals surface area contributed by atoms with Crippen LogP contribution in [-0.4, -0.2) is 15.1 Å². The second-order valence-corrected chi connectivity index (χ2v) is 6.16. The number of hydrogen-bond acceptors (Lipinski definition) is 3. The molecular formula is C18H14N3OS-. The van der Waals surface area contributed by atoms with E-state index in [1.165, 1.54) is 11.3 Å². The van der Waals surface area contributed by atoms with Gasteiger partial charge in [0.2, 0.25) is 5.01 Å². The molecule has 4 nitrogen and oxygen atoms in total. The van der Waals surface area contributed by atoms with Gasteiger partial charge in [0.25, 0.3) is 0 Å². The van der Waals surface area contributed by atoms with Crippen molar-refractivity contribution in [3.05, 3.63) is 77.7 Å². The van der Waals surface area contributed by atoms with Crippen LogP contribution in [0.15, 0.2) is 60.4 Å². The summed E-state index contributed by atoms with van der Waals surface area (Å²) in [5.41, 5.74) is 3.42. The summed E-state index contributed by atoms with van der Waals surface area (Å²) in [5.74, 6) is 0. The van der Waals surface area contributed by atoms with Crippen LogP contribution in [0.1, 0.15) is 11.3 Å². The van der Waals surface area contributed by atoms with Crippen LogP contribution < -0.4 is 4.57 Å². The lowest BCUT2D eigenvalue weighted by Gasteiger charge is -2.15. The third-order valence-electron chi connectivity index (χ3n) is 3.81. The molecule has 0 spiro atoms. The molecule has 3 heterocycles. The molecule has 0 aliphatic rings. The molecule has 0 saturated carbocycles. The number of thiazole rings is 1. The van der Waals surface area contributed by atoms with E-state index in [1.807, 2.05) is 59.6 Å². The van der Waals surface area contributed by atoms with E-state index in [2.05, 4.69) is 9.97 Å². The van der Waals surface area contributed by atoms with Crippen LogP contribution in [0.3, 0.4) is 0 Å². The molecular weight excluding hydrogens is 306 g/mol. The lowest BCUT2D eigenvalue weighted by Crippen LogP contribution is -2.24. The maximum Gasteiger partial charge on any atom is 0.250 e. The van der Waals surface area contributed by atoms with E-state index in [4.69, 9.17) is 0 Å². The zero-order chi connectivity index (χ0) is 15.8. The first-order chi connectivity index (χ1) is 11.2. The van der Waals surface area contributed by atoms with Gasteiger partial charge in [0.1, 0.15) is 12.4 Å². The first-order valence-electron chi connectivity index (χ1n) is 7.20. The topological polar surface area (TPSA) is 49.9 Å². The Hall–Kier alpha value is -2.63. The number of pyridine rings is 1. The number of rotatable bonds is 3. The highest BCUT2D eigenvalue weighted by molar-refractivity contribution is 7.13. The van der Waals surface area contributed by atoms with Crippen molar-refractivity contribution in [3.63, 3.8) is 0 Å². The van der Waals surface area contributed by atoms with Crippen molar-refractivity contribution in [2.24, 2.45) is 7.05 Å². The van der Waals surface area contributed by atoms with Gasteiger partial charge in [-0.05, 0) is 17.9 Å². The van der Waals surface area contributed by atoms with E-state index in [9.17, 15) is 5.11 Å². The Morgan fingerprint density at radius 2 is 2.17 bits per heavy atom. The van der Waals surface area contributed by atoms with Crippen molar-refractivity contribution >= 4 is 22.2 Å². The molecule has 23 heavy (non-hydrogen) atoms. The number of aromatic nitrogens is 3. The Labute approximate surface area is 137 Å². The Morgan fingerprint density at radius 3 is 3.00 bits per heavy atom. The molecule has 0 aliphatic heterocycles. The van der Waals surface area contributed by atoms with Crippen molar-refractivity contribution in [3.8, 4) is 10.6 Å². The van der Waals surface area contributed by atoms with E-state index < -0.39 is 0 Å². The van der Waals surface area contributed by atoms with Gasteiger partial charge >= 0.3 is 0 Å². The van der Waals surface area contributed by atoms with E-state index in [-0.39, 0.29) is 6.10 Å². The molecule has 0 bridgehead atoms. The lowest BCUT2D eigenvalue weighted by atomic mass is 10.1. The van der Waals surface area contributed by atoms with Crippen molar-refractivity contribution in [1.29, 1.82) is 0 Å². The largest absolute Gasteiger partial charge is 0.420 e. The third-order valence-corrected chi connectivity index (χ3v) is 4.70. The molecule has 3 aromatic heterocycles. The Bertz CT molecular complexity index is 959. The molecule has 1 N–H and O–H groups in total. The summed E-state index contributed by atoms with van der Waals surface area (Å²) in [6.07, 6.45) is 5.64. The number of nitrogens with zero attached hydrogens (tertiary/aromatic N) is 3. The van der Waals surface area contributed by atoms with Crippen LogP contribution in [0.2, 0.25) is 0 Å².